The number of halogens is 1. The van der Waals surface area contributed by atoms with Crippen molar-refractivity contribution in [1.82, 2.24) is 14.9 Å². The minimum atomic E-state index is -0.253. The van der Waals surface area contributed by atoms with Crippen LogP contribution in [0.1, 0.15) is 28.8 Å². The van der Waals surface area contributed by atoms with Crippen LogP contribution >= 0.6 is 34.7 Å². The summed E-state index contributed by atoms with van der Waals surface area (Å²) in [6.07, 6.45) is 0. The predicted molar refractivity (Wildman–Crippen MR) is 118 cm³/mol. The van der Waals surface area contributed by atoms with Gasteiger partial charge in [0.1, 0.15) is 10.7 Å². The van der Waals surface area contributed by atoms with E-state index in [1.807, 2.05) is 45.0 Å². The highest BCUT2D eigenvalue weighted by molar-refractivity contribution is 7.99. The van der Waals surface area contributed by atoms with Crippen LogP contribution in [0.4, 0.5) is 0 Å². The molecular formula is C20H22ClN3O2S2. The lowest BCUT2D eigenvalue weighted by atomic mass is 10.2. The third-order valence-corrected chi connectivity index (χ3v) is 7.07. The van der Waals surface area contributed by atoms with Gasteiger partial charge in [0.2, 0.25) is 5.91 Å². The number of H-pyrrole nitrogens is 1. The molecule has 28 heavy (non-hydrogen) atoms. The molecule has 0 fully saturated rings. The van der Waals surface area contributed by atoms with Crippen molar-refractivity contribution in [2.75, 3.05) is 7.05 Å². The average molecular weight is 436 g/mol. The molecule has 0 aliphatic carbocycles. The van der Waals surface area contributed by atoms with Gasteiger partial charge < -0.3 is 9.88 Å². The number of carbonyl (C=O) groups excluding carboxylic acids is 1. The molecule has 0 aliphatic rings. The molecule has 1 unspecified atom stereocenters. The number of thioether (sulfide) groups is 1. The summed E-state index contributed by atoms with van der Waals surface area (Å²) in [4.78, 5) is 36.0. The summed E-state index contributed by atoms with van der Waals surface area (Å²) in [5, 5.41) is 1.07. The first-order valence-corrected chi connectivity index (χ1v) is 11.1. The van der Waals surface area contributed by atoms with Crippen LogP contribution in [0.5, 0.6) is 0 Å². The van der Waals surface area contributed by atoms with Gasteiger partial charge >= 0.3 is 0 Å². The number of aryl methyl sites for hydroxylation is 2. The van der Waals surface area contributed by atoms with E-state index in [1.54, 1.807) is 11.9 Å². The summed E-state index contributed by atoms with van der Waals surface area (Å²) in [7, 11) is 1.78. The second-order valence-corrected chi connectivity index (χ2v) is 9.72. The smallest absolute Gasteiger partial charge is 0.259 e. The molecule has 8 heteroatoms. The molecule has 3 aromatic rings. The molecule has 5 nitrogen and oxygen atoms in total. The van der Waals surface area contributed by atoms with Crippen LogP contribution in [0.25, 0.3) is 10.2 Å². The van der Waals surface area contributed by atoms with Crippen molar-refractivity contribution in [3.8, 4) is 0 Å². The van der Waals surface area contributed by atoms with Crippen LogP contribution in [0, 0.1) is 13.8 Å². The molecule has 3 rings (SSSR count). The molecule has 1 aromatic carbocycles. The number of aromatic amines is 1. The fraction of sp³-hybridized carbons (Fsp3) is 0.350. The summed E-state index contributed by atoms with van der Waals surface area (Å²) < 4.78 is 0. The fourth-order valence-corrected chi connectivity index (χ4v) is 5.07. The molecule has 1 N–H and O–H groups in total. The van der Waals surface area contributed by atoms with Gasteiger partial charge in [-0.25, -0.2) is 4.98 Å². The Labute approximate surface area is 177 Å². The monoisotopic (exact) mass is 435 g/mol. The van der Waals surface area contributed by atoms with Crippen molar-refractivity contribution < 1.29 is 4.79 Å². The van der Waals surface area contributed by atoms with Gasteiger partial charge in [-0.3, -0.25) is 9.59 Å². The predicted octanol–water partition coefficient (Wildman–Crippen LogP) is 4.54. The lowest BCUT2D eigenvalue weighted by Gasteiger charge is -2.21. The highest BCUT2D eigenvalue weighted by Gasteiger charge is 2.19. The van der Waals surface area contributed by atoms with Crippen molar-refractivity contribution in [3.05, 3.63) is 61.5 Å². The molecular weight excluding hydrogens is 414 g/mol. The maximum Gasteiger partial charge on any atom is 0.259 e. The highest BCUT2D eigenvalue weighted by atomic mass is 35.5. The molecule has 0 saturated carbocycles. The Kier molecular flexibility index (Phi) is 6.47. The van der Waals surface area contributed by atoms with Gasteiger partial charge in [0.15, 0.2) is 0 Å². The lowest BCUT2D eigenvalue weighted by molar-refractivity contribution is -0.129. The van der Waals surface area contributed by atoms with E-state index in [1.165, 1.54) is 23.1 Å². The first-order valence-electron chi connectivity index (χ1n) is 8.86. The largest absolute Gasteiger partial charge is 0.340 e. The second kappa shape index (κ2) is 8.68. The number of carbonyl (C=O) groups is 1. The molecule has 0 spiro atoms. The minimum absolute atomic E-state index is 0.0243. The molecule has 0 bridgehead atoms. The number of amides is 1. The summed E-state index contributed by atoms with van der Waals surface area (Å²) in [5.74, 6) is 1.09. The van der Waals surface area contributed by atoms with Crippen molar-refractivity contribution in [1.29, 1.82) is 0 Å². The van der Waals surface area contributed by atoms with E-state index in [2.05, 4.69) is 9.97 Å². The zero-order valence-corrected chi connectivity index (χ0v) is 18.6. The third-order valence-electron chi connectivity index (χ3n) is 4.59. The number of rotatable bonds is 6. The van der Waals surface area contributed by atoms with Gasteiger partial charge in [-0.05, 0) is 44.0 Å². The molecule has 1 amide bonds. The zero-order valence-electron chi connectivity index (χ0n) is 16.2. The van der Waals surface area contributed by atoms with E-state index >= 15 is 0 Å². The number of hydrogen-bond acceptors (Lipinski definition) is 5. The molecule has 2 aromatic heterocycles. The normalized spacial score (nSPS) is 12.3. The number of nitrogens with one attached hydrogen (secondary N) is 1. The zero-order chi connectivity index (χ0) is 20.4. The Morgan fingerprint density at radius 2 is 2.14 bits per heavy atom. The van der Waals surface area contributed by atoms with Crippen LogP contribution in [0.2, 0.25) is 5.02 Å². The van der Waals surface area contributed by atoms with Crippen molar-refractivity contribution >= 4 is 50.8 Å². The fourth-order valence-electron chi connectivity index (χ4n) is 2.94. The quantitative estimate of drug-likeness (QED) is 0.617. The summed E-state index contributed by atoms with van der Waals surface area (Å²) >= 11 is 9.00. The van der Waals surface area contributed by atoms with E-state index < -0.39 is 0 Å². The third kappa shape index (κ3) is 4.59. The first kappa shape index (κ1) is 20.9. The number of fused-ring (bicyclic) bond motifs is 1. The SMILES string of the molecule is Cc1sc2nc(CSC(C)C(=O)N(C)Cc3cccc(Cl)c3)[nH]c(=O)c2c1C. The van der Waals surface area contributed by atoms with E-state index in [0.717, 1.165) is 20.8 Å². The van der Waals surface area contributed by atoms with E-state index in [-0.39, 0.29) is 16.7 Å². The maximum atomic E-state index is 12.7. The summed E-state index contributed by atoms with van der Waals surface area (Å²) in [5.41, 5.74) is 1.86. The number of hydrogen-bond donors (Lipinski definition) is 1. The molecule has 2 heterocycles. The van der Waals surface area contributed by atoms with Crippen molar-refractivity contribution in [3.63, 3.8) is 0 Å². The van der Waals surface area contributed by atoms with Gasteiger partial charge in [0, 0.05) is 23.5 Å². The topological polar surface area (TPSA) is 66.1 Å². The van der Waals surface area contributed by atoms with Crippen molar-refractivity contribution in [2.24, 2.45) is 0 Å². The van der Waals surface area contributed by atoms with E-state index in [9.17, 15) is 9.59 Å². The van der Waals surface area contributed by atoms with Crippen LogP contribution in [-0.2, 0) is 17.1 Å². The molecule has 148 valence electrons. The minimum Gasteiger partial charge on any atom is -0.340 e. The number of aromatic nitrogens is 2. The van der Waals surface area contributed by atoms with Gasteiger partial charge in [0.25, 0.3) is 5.56 Å². The van der Waals surface area contributed by atoms with Crippen molar-refractivity contribution in [2.45, 2.75) is 38.3 Å². The van der Waals surface area contributed by atoms with Crippen LogP contribution < -0.4 is 5.56 Å². The summed E-state index contributed by atoms with van der Waals surface area (Å²) in [6, 6.07) is 7.49. The standard InChI is InChI=1S/C20H22ClN3O2S2/c1-11-12(2)28-19-17(11)18(25)22-16(23-19)10-27-13(3)20(26)24(4)9-14-6-5-7-15(21)8-14/h5-8,13H,9-10H2,1-4H3,(H,22,23,25). The second-order valence-electron chi connectivity index (χ2n) is 6.75. The van der Waals surface area contributed by atoms with Crippen LogP contribution in [0.3, 0.4) is 0 Å². The maximum absolute atomic E-state index is 12.7. The van der Waals surface area contributed by atoms with E-state index in [0.29, 0.717) is 28.5 Å². The lowest BCUT2D eigenvalue weighted by Crippen LogP contribution is -2.33. The van der Waals surface area contributed by atoms with Gasteiger partial charge in [-0.2, -0.15) is 0 Å². The highest BCUT2D eigenvalue weighted by Crippen LogP contribution is 2.26. The van der Waals surface area contributed by atoms with E-state index in [4.69, 9.17) is 11.6 Å². The van der Waals surface area contributed by atoms with Crippen LogP contribution in [-0.4, -0.2) is 33.1 Å². The number of benzene rings is 1. The Morgan fingerprint density at radius 3 is 2.86 bits per heavy atom. The van der Waals surface area contributed by atoms with Crippen LogP contribution in [0.15, 0.2) is 29.1 Å². The van der Waals surface area contributed by atoms with Gasteiger partial charge in [-0.1, -0.05) is 23.7 Å². The van der Waals surface area contributed by atoms with Gasteiger partial charge in [0.05, 0.1) is 16.4 Å². The van der Waals surface area contributed by atoms with Gasteiger partial charge in [-0.15, -0.1) is 23.1 Å². The Hall–Kier alpha value is -1.83. The molecule has 0 saturated heterocycles. The summed E-state index contributed by atoms with van der Waals surface area (Å²) in [6.45, 7) is 6.30. The number of nitrogens with zero attached hydrogens (tertiary/aromatic N) is 2. The Balaban J connectivity index is 1.64. The Bertz CT molecular complexity index is 1080. The molecule has 1 atom stereocenters. The number of thiophene rings is 1. The average Bonchev–Trinajstić information content (AvgIpc) is 2.93. The molecule has 0 aliphatic heterocycles. The molecule has 0 radical (unpaired) electrons. The first-order chi connectivity index (χ1) is 13.3. The Morgan fingerprint density at radius 1 is 1.39 bits per heavy atom.